The predicted octanol–water partition coefficient (Wildman–Crippen LogP) is 1.00. The first-order chi connectivity index (χ1) is 10.9. The number of anilines is 1. The molecular formula is C15H17FN2O5. The van der Waals surface area contributed by atoms with Gasteiger partial charge >= 0.3 is 12.1 Å². The summed E-state index contributed by atoms with van der Waals surface area (Å²) in [5.74, 6) is -1.38. The van der Waals surface area contributed by atoms with Crippen LogP contribution < -0.4 is 10.2 Å². The SMILES string of the molecule is COC(=O)Cc1ccc(N2C[C@H](CNC(C)=O)OC2=O)cc1F. The second-order valence-corrected chi connectivity index (χ2v) is 5.08. The van der Waals surface area contributed by atoms with E-state index in [1.807, 2.05) is 0 Å². The molecule has 0 spiro atoms. The molecule has 2 rings (SSSR count). The summed E-state index contributed by atoms with van der Waals surface area (Å²) >= 11 is 0. The van der Waals surface area contributed by atoms with Crippen LogP contribution in [-0.2, 0) is 25.5 Å². The number of benzene rings is 1. The average molecular weight is 324 g/mol. The molecular weight excluding hydrogens is 307 g/mol. The van der Waals surface area contributed by atoms with Crippen LogP contribution in [0.4, 0.5) is 14.9 Å². The van der Waals surface area contributed by atoms with Gasteiger partial charge in [0.2, 0.25) is 5.91 Å². The molecule has 1 aliphatic rings. The topological polar surface area (TPSA) is 84.9 Å². The number of hydrogen-bond donors (Lipinski definition) is 1. The summed E-state index contributed by atoms with van der Waals surface area (Å²) < 4.78 is 23.6. The highest BCUT2D eigenvalue weighted by molar-refractivity contribution is 5.90. The lowest BCUT2D eigenvalue weighted by atomic mass is 10.1. The monoisotopic (exact) mass is 324 g/mol. The van der Waals surface area contributed by atoms with E-state index in [0.29, 0.717) is 5.69 Å². The summed E-state index contributed by atoms with van der Waals surface area (Å²) in [4.78, 5) is 35.2. The number of nitrogens with one attached hydrogen (secondary N) is 1. The fraction of sp³-hybridized carbons (Fsp3) is 0.400. The number of hydrogen-bond acceptors (Lipinski definition) is 5. The lowest BCUT2D eigenvalue weighted by Gasteiger charge is -2.14. The Bertz CT molecular complexity index is 634. The van der Waals surface area contributed by atoms with Crippen molar-refractivity contribution in [3.05, 3.63) is 29.6 Å². The first-order valence-electron chi connectivity index (χ1n) is 6.98. The first-order valence-corrected chi connectivity index (χ1v) is 6.98. The van der Waals surface area contributed by atoms with E-state index in [9.17, 15) is 18.8 Å². The van der Waals surface area contributed by atoms with E-state index < -0.39 is 24.0 Å². The van der Waals surface area contributed by atoms with E-state index in [2.05, 4.69) is 10.1 Å². The molecule has 8 heteroatoms. The summed E-state index contributed by atoms with van der Waals surface area (Å²) in [6, 6.07) is 4.12. The van der Waals surface area contributed by atoms with Crippen LogP contribution >= 0.6 is 0 Å². The highest BCUT2D eigenvalue weighted by atomic mass is 19.1. The van der Waals surface area contributed by atoms with Crippen molar-refractivity contribution in [1.29, 1.82) is 0 Å². The van der Waals surface area contributed by atoms with Crippen molar-refractivity contribution in [3.8, 4) is 0 Å². The molecule has 0 aliphatic carbocycles. The number of halogens is 1. The minimum atomic E-state index is -0.611. The van der Waals surface area contributed by atoms with Crippen molar-refractivity contribution in [1.82, 2.24) is 5.32 Å². The van der Waals surface area contributed by atoms with Crippen molar-refractivity contribution in [2.75, 3.05) is 25.1 Å². The first kappa shape index (κ1) is 16.7. The Morgan fingerprint density at radius 2 is 2.22 bits per heavy atom. The number of carbonyl (C=O) groups excluding carboxylic acids is 3. The third-order valence-electron chi connectivity index (χ3n) is 3.36. The van der Waals surface area contributed by atoms with E-state index in [1.165, 1.54) is 37.1 Å². The van der Waals surface area contributed by atoms with Gasteiger partial charge in [0, 0.05) is 6.92 Å². The molecule has 1 fully saturated rings. The van der Waals surface area contributed by atoms with Gasteiger partial charge in [-0.25, -0.2) is 9.18 Å². The fourth-order valence-corrected chi connectivity index (χ4v) is 2.17. The molecule has 1 atom stereocenters. The lowest BCUT2D eigenvalue weighted by molar-refractivity contribution is -0.139. The molecule has 0 bridgehead atoms. The number of esters is 1. The zero-order valence-corrected chi connectivity index (χ0v) is 12.8. The number of ether oxygens (including phenoxy) is 2. The maximum Gasteiger partial charge on any atom is 0.414 e. The minimum Gasteiger partial charge on any atom is -0.469 e. The summed E-state index contributed by atoms with van der Waals surface area (Å²) in [5.41, 5.74) is 0.509. The number of cyclic esters (lactones) is 1. The predicted molar refractivity (Wildman–Crippen MR) is 78.4 cm³/mol. The summed E-state index contributed by atoms with van der Waals surface area (Å²) in [6.07, 6.45) is -1.29. The molecule has 0 saturated carbocycles. The normalized spacial score (nSPS) is 16.9. The maximum absolute atomic E-state index is 14.0. The Labute approximate surface area is 132 Å². The van der Waals surface area contributed by atoms with Crippen LogP contribution in [0.3, 0.4) is 0 Å². The second kappa shape index (κ2) is 7.08. The molecule has 124 valence electrons. The molecule has 7 nitrogen and oxygen atoms in total. The Balaban J connectivity index is 2.07. The number of carbonyl (C=O) groups is 3. The summed E-state index contributed by atoms with van der Waals surface area (Å²) in [5, 5.41) is 2.56. The van der Waals surface area contributed by atoms with Crippen LogP contribution in [0.2, 0.25) is 0 Å². The van der Waals surface area contributed by atoms with Gasteiger partial charge in [-0.05, 0) is 17.7 Å². The molecule has 1 heterocycles. The van der Waals surface area contributed by atoms with Gasteiger partial charge in [-0.2, -0.15) is 0 Å². The molecule has 0 unspecified atom stereocenters. The van der Waals surface area contributed by atoms with Crippen LogP contribution in [0, 0.1) is 5.82 Å². The van der Waals surface area contributed by atoms with E-state index >= 15 is 0 Å². The number of rotatable bonds is 5. The fourth-order valence-electron chi connectivity index (χ4n) is 2.17. The van der Waals surface area contributed by atoms with Gasteiger partial charge in [0.05, 0.1) is 32.3 Å². The van der Waals surface area contributed by atoms with Gasteiger partial charge in [-0.1, -0.05) is 6.07 Å². The van der Waals surface area contributed by atoms with Crippen LogP contribution in [-0.4, -0.2) is 44.3 Å². The van der Waals surface area contributed by atoms with Crippen molar-refractivity contribution in [2.45, 2.75) is 19.4 Å². The van der Waals surface area contributed by atoms with E-state index in [-0.39, 0.29) is 31.0 Å². The number of nitrogens with zero attached hydrogens (tertiary/aromatic N) is 1. The smallest absolute Gasteiger partial charge is 0.414 e. The summed E-state index contributed by atoms with van der Waals surface area (Å²) in [6.45, 7) is 1.76. The molecule has 1 aliphatic heterocycles. The Kier molecular flexibility index (Phi) is 5.15. The van der Waals surface area contributed by atoms with Crippen molar-refractivity contribution < 1.29 is 28.2 Å². The highest BCUT2D eigenvalue weighted by Crippen LogP contribution is 2.24. The lowest BCUT2D eigenvalue weighted by Crippen LogP contribution is -2.33. The van der Waals surface area contributed by atoms with Gasteiger partial charge < -0.3 is 14.8 Å². The zero-order valence-electron chi connectivity index (χ0n) is 12.8. The molecule has 2 amide bonds. The zero-order chi connectivity index (χ0) is 17.0. The van der Waals surface area contributed by atoms with Crippen molar-refractivity contribution in [3.63, 3.8) is 0 Å². The van der Waals surface area contributed by atoms with E-state index in [4.69, 9.17) is 4.74 Å². The minimum absolute atomic E-state index is 0.182. The van der Waals surface area contributed by atoms with Crippen LogP contribution in [0.1, 0.15) is 12.5 Å². The van der Waals surface area contributed by atoms with E-state index in [1.54, 1.807) is 0 Å². The molecule has 1 N–H and O–H groups in total. The second-order valence-electron chi connectivity index (χ2n) is 5.08. The molecule has 23 heavy (non-hydrogen) atoms. The Hall–Kier alpha value is -2.64. The van der Waals surface area contributed by atoms with Crippen molar-refractivity contribution in [2.24, 2.45) is 0 Å². The number of amides is 2. The third kappa shape index (κ3) is 4.18. The van der Waals surface area contributed by atoms with Gasteiger partial charge in [0.15, 0.2) is 0 Å². The maximum atomic E-state index is 14.0. The highest BCUT2D eigenvalue weighted by Gasteiger charge is 2.32. The van der Waals surface area contributed by atoms with Gasteiger partial charge in [-0.3, -0.25) is 14.5 Å². The van der Waals surface area contributed by atoms with Gasteiger partial charge in [0.1, 0.15) is 11.9 Å². The van der Waals surface area contributed by atoms with Crippen LogP contribution in [0.15, 0.2) is 18.2 Å². The molecule has 1 saturated heterocycles. The molecule has 0 radical (unpaired) electrons. The number of methoxy groups -OCH3 is 1. The standard InChI is InChI=1S/C15H17FN2O5/c1-9(19)17-7-12-8-18(15(21)23-12)11-4-3-10(13(16)6-11)5-14(20)22-2/h3-4,6,12H,5,7-8H2,1-2H3,(H,17,19)/t12-/m0/s1. The largest absolute Gasteiger partial charge is 0.469 e. The summed E-state index contributed by atoms with van der Waals surface area (Å²) in [7, 11) is 1.23. The molecule has 1 aromatic rings. The van der Waals surface area contributed by atoms with Gasteiger partial charge in [-0.15, -0.1) is 0 Å². The van der Waals surface area contributed by atoms with Crippen molar-refractivity contribution >= 4 is 23.7 Å². The van der Waals surface area contributed by atoms with Crippen LogP contribution in [0.25, 0.3) is 0 Å². The Morgan fingerprint density at radius 3 is 2.83 bits per heavy atom. The van der Waals surface area contributed by atoms with E-state index in [0.717, 1.165) is 0 Å². The third-order valence-corrected chi connectivity index (χ3v) is 3.36. The van der Waals surface area contributed by atoms with Gasteiger partial charge in [0.25, 0.3) is 0 Å². The van der Waals surface area contributed by atoms with Crippen LogP contribution in [0.5, 0.6) is 0 Å². The average Bonchev–Trinajstić information content (AvgIpc) is 2.88. The quantitative estimate of drug-likeness (QED) is 0.817. The Morgan fingerprint density at radius 1 is 1.48 bits per heavy atom. The molecule has 0 aromatic heterocycles. The molecule has 1 aromatic carbocycles.